The van der Waals surface area contributed by atoms with Crippen molar-refractivity contribution >= 4 is 20.2 Å². The van der Waals surface area contributed by atoms with Crippen molar-refractivity contribution in [1.82, 2.24) is 0 Å². The Morgan fingerprint density at radius 2 is 0.583 bits per heavy atom. The summed E-state index contributed by atoms with van der Waals surface area (Å²) in [6.07, 6.45) is -15.1. The fraction of sp³-hybridized carbons (Fsp3) is 1.00. The fourth-order valence-electron chi connectivity index (χ4n) is 1.47. The molecule has 0 amide bonds. The lowest BCUT2D eigenvalue weighted by atomic mass is 10.1. The van der Waals surface area contributed by atoms with Crippen molar-refractivity contribution in [2.75, 3.05) is 13.2 Å². The lowest BCUT2D eigenvalue weighted by Crippen LogP contribution is -2.63. The number of rotatable bonds is 11. The summed E-state index contributed by atoms with van der Waals surface area (Å²) >= 11 is 0. The molecule has 0 spiro atoms. The lowest BCUT2D eigenvalue weighted by Gasteiger charge is -2.33. The number of alkyl halides is 18. The van der Waals surface area contributed by atoms with Gasteiger partial charge in [-0.3, -0.25) is 8.37 Å². The van der Waals surface area contributed by atoms with Gasteiger partial charge in [0.2, 0.25) is 0 Å². The van der Waals surface area contributed by atoms with Crippen LogP contribution >= 0.6 is 0 Å². The van der Waals surface area contributed by atoms with Gasteiger partial charge in [-0.05, 0) is 0 Å². The zero-order valence-corrected chi connectivity index (χ0v) is 17.1. The van der Waals surface area contributed by atoms with Gasteiger partial charge in [0.05, 0.1) is 13.2 Å². The van der Waals surface area contributed by atoms with Crippen molar-refractivity contribution in [3.63, 3.8) is 0 Å². The Morgan fingerprint density at radius 1 is 0.389 bits per heavy atom. The van der Waals surface area contributed by atoms with Crippen LogP contribution in [0.5, 0.6) is 0 Å². The molecule has 6 nitrogen and oxygen atoms in total. The fourth-order valence-corrected chi connectivity index (χ4v) is 3.23. The number of hydrogen-bond acceptors (Lipinski definition) is 6. The van der Waals surface area contributed by atoms with E-state index in [-0.39, 0.29) is 0 Å². The summed E-state index contributed by atoms with van der Waals surface area (Å²) in [6.45, 7) is -5.41. The first kappa shape index (κ1) is 34.6. The minimum absolute atomic E-state index is 2.70. The Morgan fingerprint density at radius 3 is 0.750 bits per heavy atom. The van der Waals surface area contributed by atoms with Gasteiger partial charge in [-0.25, -0.2) is 0 Å². The highest BCUT2D eigenvalue weighted by Crippen LogP contribution is 2.56. The molecule has 0 aliphatic rings. The van der Waals surface area contributed by atoms with Crippen molar-refractivity contribution < 1.29 is 104 Å². The van der Waals surface area contributed by atoms with Crippen LogP contribution in [0.15, 0.2) is 0 Å². The quantitative estimate of drug-likeness (QED) is 0.191. The van der Waals surface area contributed by atoms with Crippen LogP contribution in [0.3, 0.4) is 0 Å². The van der Waals surface area contributed by atoms with Gasteiger partial charge in [0, 0.05) is 0 Å². The minimum atomic E-state index is -7.87. The number of hydrogen-bond donors (Lipinski definition) is 0. The summed E-state index contributed by atoms with van der Waals surface area (Å²) in [4.78, 5) is 0. The molecule has 0 saturated carbocycles. The van der Waals surface area contributed by atoms with Gasteiger partial charge in [0.25, 0.3) is 0 Å². The normalized spacial score (nSPS) is 16.4. The molecule has 0 unspecified atom stereocenters. The molecule has 0 atom stereocenters. The zero-order valence-electron chi connectivity index (χ0n) is 15.5. The van der Waals surface area contributed by atoms with E-state index >= 15 is 0 Å². The third-order valence-corrected chi connectivity index (χ3v) is 6.14. The summed E-state index contributed by atoms with van der Waals surface area (Å²) in [6, 6.07) is 0. The molecule has 0 aliphatic carbocycles. The Labute approximate surface area is 185 Å². The lowest BCUT2D eigenvalue weighted by molar-refractivity contribution is -0.383. The SMILES string of the molecule is O=S(=O)(OCCOS(=O)(=O)C(F)(F)C(F)(F)C(F)(F)C(F)(F)F)C(F)(F)C(F)(F)C(F)(F)C(F)(F)F. The average molecular weight is 626 g/mol. The molecular formula is C10H4F18O6S2. The Bertz CT molecular complexity index is 926. The van der Waals surface area contributed by atoms with Crippen molar-refractivity contribution in [2.24, 2.45) is 0 Å². The second-order valence-corrected chi connectivity index (χ2v) is 9.19. The van der Waals surface area contributed by atoms with Crippen molar-refractivity contribution in [3.8, 4) is 0 Å². The molecule has 218 valence electrons. The third-order valence-electron chi connectivity index (χ3n) is 3.42. The van der Waals surface area contributed by atoms with Gasteiger partial charge in [0.1, 0.15) is 0 Å². The molecule has 0 N–H and O–H groups in total. The summed E-state index contributed by atoms with van der Waals surface area (Å²) in [5.74, 6) is -31.3. The van der Waals surface area contributed by atoms with Crippen molar-refractivity contribution in [2.45, 2.75) is 46.6 Å². The van der Waals surface area contributed by atoms with E-state index in [4.69, 9.17) is 0 Å². The van der Waals surface area contributed by atoms with Gasteiger partial charge in [-0.1, -0.05) is 0 Å². The van der Waals surface area contributed by atoms with Crippen LogP contribution in [0.25, 0.3) is 0 Å². The molecule has 0 heterocycles. The standard InChI is InChI=1S/C10H4F18O6S2/c11-3(12,7(19,20)21)5(15,16)9(25,26)35(29,30)33-1-2-34-36(31,32)10(27,28)6(17,18)4(13,14)8(22,23)24/h1-2H2. The molecular weight excluding hydrogens is 622 g/mol. The topological polar surface area (TPSA) is 86.7 Å². The molecule has 0 aromatic carbocycles. The van der Waals surface area contributed by atoms with E-state index in [9.17, 15) is 95.9 Å². The van der Waals surface area contributed by atoms with Gasteiger partial charge in [0.15, 0.2) is 0 Å². The maximum atomic E-state index is 13.2. The maximum Gasteiger partial charge on any atom is 0.460 e. The van der Waals surface area contributed by atoms with Crippen molar-refractivity contribution in [1.29, 1.82) is 0 Å². The molecule has 0 aliphatic heterocycles. The van der Waals surface area contributed by atoms with Gasteiger partial charge >= 0.3 is 66.8 Å². The minimum Gasteiger partial charge on any atom is -0.263 e. The molecule has 0 bridgehead atoms. The van der Waals surface area contributed by atoms with Crippen LogP contribution in [-0.4, -0.2) is 76.6 Å². The van der Waals surface area contributed by atoms with E-state index in [0.717, 1.165) is 0 Å². The molecule has 0 aromatic heterocycles. The zero-order chi connectivity index (χ0) is 29.8. The first-order chi connectivity index (χ1) is 15.2. The van der Waals surface area contributed by atoms with E-state index in [0.29, 0.717) is 0 Å². The average Bonchev–Trinajstić information content (AvgIpc) is 2.62. The van der Waals surface area contributed by atoms with Crippen LogP contribution in [0, 0.1) is 0 Å². The van der Waals surface area contributed by atoms with E-state index in [1.165, 1.54) is 0 Å². The largest absolute Gasteiger partial charge is 0.460 e. The first-order valence-corrected chi connectivity index (χ1v) is 10.2. The van der Waals surface area contributed by atoms with Crippen molar-refractivity contribution in [3.05, 3.63) is 0 Å². The predicted molar refractivity (Wildman–Crippen MR) is 71.5 cm³/mol. The second kappa shape index (κ2) is 9.09. The monoisotopic (exact) mass is 626 g/mol. The summed E-state index contributed by atoms with van der Waals surface area (Å²) in [5, 5.41) is -15.1. The van der Waals surface area contributed by atoms with Gasteiger partial charge < -0.3 is 0 Å². The second-order valence-electron chi connectivity index (χ2n) is 5.88. The van der Waals surface area contributed by atoms with Crippen LogP contribution in [0.4, 0.5) is 79.0 Å². The van der Waals surface area contributed by atoms with Gasteiger partial charge in [-0.15, -0.1) is 0 Å². The van der Waals surface area contributed by atoms with Crippen LogP contribution < -0.4 is 0 Å². The summed E-state index contributed by atoms with van der Waals surface area (Å²) in [7, 11) is -15.5. The molecule has 36 heavy (non-hydrogen) atoms. The predicted octanol–water partition coefficient (Wildman–Crippen LogP) is 4.53. The Balaban J connectivity index is 5.79. The molecule has 0 saturated heterocycles. The Hall–Kier alpha value is -1.44. The molecule has 0 fully saturated rings. The highest BCUT2D eigenvalue weighted by molar-refractivity contribution is 7.88. The van der Waals surface area contributed by atoms with E-state index in [2.05, 4.69) is 8.37 Å². The Kier molecular flexibility index (Phi) is 8.73. The highest BCUT2D eigenvalue weighted by Gasteiger charge is 2.87. The van der Waals surface area contributed by atoms with Gasteiger partial charge in [-0.2, -0.15) is 95.9 Å². The highest BCUT2D eigenvalue weighted by atomic mass is 32.2. The van der Waals surface area contributed by atoms with Crippen LogP contribution in [-0.2, 0) is 28.6 Å². The number of halogens is 18. The van der Waals surface area contributed by atoms with E-state index < -0.39 is 80.0 Å². The molecule has 0 aromatic rings. The maximum absolute atomic E-state index is 13.2. The first-order valence-electron chi connectivity index (χ1n) is 7.39. The summed E-state index contributed by atoms with van der Waals surface area (Å²) in [5.41, 5.74) is 0. The third kappa shape index (κ3) is 5.12. The molecule has 0 radical (unpaired) electrons. The molecule has 0 rings (SSSR count). The molecule has 26 heteroatoms. The summed E-state index contributed by atoms with van der Waals surface area (Å²) < 4.78 is 276. The van der Waals surface area contributed by atoms with Crippen LogP contribution in [0.2, 0.25) is 0 Å². The van der Waals surface area contributed by atoms with E-state index in [1.54, 1.807) is 0 Å². The smallest absolute Gasteiger partial charge is 0.263 e. The van der Waals surface area contributed by atoms with Crippen LogP contribution in [0.1, 0.15) is 0 Å². The van der Waals surface area contributed by atoms with E-state index in [1.807, 2.05) is 0 Å².